The Morgan fingerprint density at radius 1 is 1.27 bits per heavy atom. The van der Waals surface area contributed by atoms with E-state index >= 15 is 0 Å². The van der Waals surface area contributed by atoms with Crippen molar-refractivity contribution in [3.8, 4) is 0 Å². The molecule has 2 heteroatoms. The minimum Gasteiger partial charge on any atom is -0.496 e. The average Bonchev–Trinajstić information content (AvgIpc) is 2.75. The second-order valence-electron chi connectivity index (χ2n) is 3.69. The second-order valence-corrected chi connectivity index (χ2v) is 3.69. The fourth-order valence-electron chi connectivity index (χ4n) is 1.76. The first-order chi connectivity index (χ1) is 7.42. The van der Waals surface area contributed by atoms with Crippen LogP contribution < -0.4 is 5.32 Å². The third kappa shape index (κ3) is 2.32. The van der Waals surface area contributed by atoms with Gasteiger partial charge in [0.05, 0.1) is 12.3 Å². The predicted octanol–water partition coefficient (Wildman–Crippen LogP) is 2.78. The smallest absolute Gasteiger partial charge is 0.121 e. The minimum atomic E-state index is 0.813. The zero-order valence-corrected chi connectivity index (χ0v) is 9.12. The van der Waals surface area contributed by atoms with E-state index in [1.165, 1.54) is 11.3 Å². The summed E-state index contributed by atoms with van der Waals surface area (Å²) >= 11 is 0. The van der Waals surface area contributed by atoms with Crippen molar-refractivity contribution in [1.82, 2.24) is 5.32 Å². The highest BCUT2D eigenvalue weighted by molar-refractivity contribution is 5.67. The maximum atomic E-state index is 5.74. The number of ether oxygens (including phenoxy) is 1. The summed E-state index contributed by atoms with van der Waals surface area (Å²) in [6.07, 6.45) is 2.07. The van der Waals surface area contributed by atoms with Crippen LogP contribution in [0.2, 0.25) is 0 Å². The Kier molecular flexibility index (Phi) is 3.28. The molecule has 1 aliphatic rings. The second kappa shape index (κ2) is 4.87. The highest BCUT2D eigenvalue weighted by Crippen LogP contribution is 2.23. The summed E-state index contributed by atoms with van der Waals surface area (Å²) in [6.45, 7) is 3.93. The standard InChI is InChI=1S/C13H17NO/c1-2-10-15-12-8-9-14-13(12)11-6-4-3-5-7-11/h3-7,14H,2,8-10H2,1H3. The Morgan fingerprint density at radius 2 is 2.07 bits per heavy atom. The highest BCUT2D eigenvalue weighted by Gasteiger charge is 2.16. The molecule has 1 N–H and O–H groups in total. The molecule has 0 radical (unpaired) electrons. The number of rotatable bonds is 4. The fourth-order valence-corrected chi connectivity index (χ4v) is 1.76. The van der Waals surface area contributed by atoms with Gasteiger partial charge in [0, 0.05) is 18.5 Å². The third-order valence-electron chi connectivity index (χ3n) is 2.48. The van der Waals surface area contributed by atoms with Gasteiger partial charge in [-0.05, 0) is 6.42 Å². The molecule has 1 aromatic rings. The molecule has 2 rings (SSSR count). The van der Waals surface area contributed by atoms with Crippen LogP contribution in [0, 0.1) is 0 Å². The van der Waals surface area contributed by atoms with Gasteiger partial charge in [0.15, 0.2) is 0 Å². The lowest BCUT2D eigenvalue weighted by Gasteiger charge is -2.08. The molecule has 1 aromatic carbocycles. The van der Waals surface area contributed by atoms with Crippen LogP contribution in [-0.2, 0) is 4.74 Å². The van der Waals surface area contributed by atoms with Crippen molar-refractivity contribution in [3.63, 3.8) is 0 Å². The molecule has 0 unspecified atom stereocenters. The van der Waals surface area contributed by atoms with Crippen LogP contribution in [0.5, 0.6) is 0 Å². The van der Waals surface area contributed by atoms with E-state index in [2.05, 4.69) is 36.5 Å². The summed E-state index contributed by atoms with van der Waals surface area (Å²) in [5.41, 5.74) is 2.39. The van der Waals surface area contributed by atoms with Gasteiger partial charge in [0.2, 0.25) is 0 Å². The van der Waals surface area contributed by atoms with Crippen LogP contribution >= 0.6 is 0 Å². The first-order valence-electron chi connectivity index (χ1n) is 5.57. The summed E-state index contributed by atoms with van der Waals surface area (Å²) < 4.78 is 5.74. The van der Waals surface area contributed by atoms with E-state index in [-0.39, 0.29) is 0 Å². The molecule has 2 nitrogen and oxygen atoms in total. The molecule has 0 aromatic heterocycles. The number of benzene rings is 1. The largest absolute Gasteiger partial charge is 0.496 e. The van der Waals surface area contributed by atoms with Crippen LogP contribution in [0.15, 0.2) is 36.1 Å². The Morgan fingerprint density at radius 3 is 2.80 bits per heavy atom. The summed E-state index contributed by atoms with van der Waals surface area (Å²) in [5.74, 6) is 1.11. The zero-order valence-electron chi connectivity index (χ0n) is 9.12. The van der Waals surface area contributed by atoms with E-state index in [9.17, 15) is 0 Å². The molecule has 80 valence electrons. The molecule has 1 heterocycles. The summed E-state index contributed by atoms with van der Waals surface area (Å²) in [7, 11) is 0. The van der Waals surface area contributed by atoms with Crippen molar-refractivity contribution >= 4 is 5.70 Å². The van der Waals surface area contributed by atoms with Crippen molar-refractivity contribution in [2.75, 3.05) is 13.2 Å². The van der Waals surface area contributed by atoms with Crippen LogP contribution in [0.4, 0.5) is 0 Å². The maximum Gasteiger partial charge on any atom is 0.121 e. The van der Waals surface area contributed by atoms with E-state index in [1.54, 1.807) is 0 Å². The lowest BCUT2D eigenvalue weighted by Crippen LogP contribution is -2.06. The van der Waals surface area contributed by atoms with Gasteiger partial charge >= 0.3 is 0 Å². The van der Waals surface area contributed by atoms with E-state index in [0.29, 0.717) is 0 Å². The SMILES string of the molecule is CCCOC1=C(c2ccccc2)NCC1. The van der Waals surface area contributed by atoms with Crippen molar-refractivity contribution < 1.29 is 4.74 Å². The van der Waals surface area contributed by atoms with Gasteiger partial charge < -0.3 is 10.1 Å². The molecule has 0 spiro atoms. The summed E-state index contributed by atoms with van der Waals surface area (Å²) in [6, 6.07) is 10.4. The normalized spacial score (nSPS) is 15.3. The van der Waals surface area contributed by atoms with Gasteiger partial charge in [0.1, 0.15) is 5.76 Å². The van der Waals surface area contributed by atoms with Crippen molar-refractivity contribution in [2.45, 2.75) is 19.8 Å². The zero-order chi connectivity index (χ0) is 10.5. The fraction of sp³-hybridized carbons (Fsp3) is 0.385. The molecular weight excluding hydrogens is 186 g/mol. The number of nitrogens with one attached hydrogen (secondary N) is 1. The Bertz CT molecular complexity index is 343. The minimum absolute atomic E-state index is 0.813. The molecule has 0 atom stereocenters. The van der Waals surface area contributed by atoms with Crippen molar-refractivity contribution in [1.29, 1.82) is 0 Å². The van der Waals surface area contributed by atoms with E-state index in [4.69, 9.17) is 4.74 Å². The monoisotopic (exact) mass is 203 g/mol. The summed E-state index contributed by atoms with van der Waals surface area (Å²) in [5, 5.41) is 3.39. The number of hydrogen-bond donors (Lipinski definition) is 1. The molecule has 0 saturated heterocycles. The predicted molar refractivity (Wildman–Crippen MR) is 62.2 cm³/mol. The molecule has 0 aliphatic carbocycles. The first-order valence-corrected chi connectivity index (χ1v) is 5.57. The van der Waals surface area contributed by atoms with Crippen molar-refractivity contribution in [3.05, 3.63) is 41.7 Å². The highest BCUT2D eigenvalue weighted by atomic mass is 16.5. The van der Waals surface area contributed by atoms with Gasteiger partial charge in [-0.1, -0.05) is 37.3 Å². The van der Waals surface area contributed by atoms with Crippen molar-refractivity contribution in [2.24, 2.45) is 0 Å². The van der Waals surface area contributed by atoms with Crippen LogP contribution in [0.25, 0.3) is 5.70 Å². The maximum absolute atomic E-state index is 5.74. The van der Waals surface area contributed by atoms with Gasteiger partial charge in [0.25, 0.3) is 0 Å². The summed E-state index contributed by atoms with van der Waals surface area (Å²) in [4.78, 5) is 0. The van der Waals surface area contributed by atoms with Crippen LogP contribution in [0.3, 0.4) is 0 Å². The van der Waals surface area contributed by atoms with E-state index in [1.807, 2.05) is 6.07 Å². The van der Waals surface area contributed by atoms with Gasteiger partial charge in [-0.15, -0.1) is 0 Å². The Labute approximate surface area is 91.0 Å². The molecular formula is C13H17NO. The Balaban J connectivity index is 2.18. The molecule has 0 fully saturated rings. The first kappa shape index (κ1) is 10.1. The van der Waals surface area contributed by atoms with Gasteiger partial charge in [-0.2, -0.15) is 0 Å². The molecule has 15 heavy (non-hydrogen) atoms. The van der Waals surface area contributed by atoms with E-state index < -0.39 is 0 Å². The topological polar surface area (TPSA) is 21.3 Å². The molecule has 0 saturated carbocycles. The lowest BCUT2D eigenvalue weighted by atomic mass is 10.1. The lowest BCUT2D eigenvalue weighted by molar-refractivity contribution is 0.209. The average molecular weight is 203 g/mol. The quantitative estimate of drug-likeness (QED) is 0.812. The van der Waals surface area contributed by atoms with Crippen LogP contribution in [0.1, 0.15) is 25.3 Å². The van der Waals surface area contributed by atoms with Gasteiger partial charge in [-0.25, -0.2) is 0 Å². The molecule has 1 aliphatic heterocycles. The third-order valence-corrected chi connectivity index (χ3v) is 2.48. The number of hydrogen-bond acceptors (Lipinski definition) is 2. The molecule has 0 bridgehead atoms. The molecule has 0 amide bonds. The Hall–Kier alpha value is -1.44. The van der Waals surface area contributed by atoms with E-state index in [0.717, 1.165) is 31.8 Å². The van der Waals surface area contributed by atoms with Gasteiger partial charge in [-0.3, -0.25) is 0 Å². The van der Waals surface area contributed by atoms with Crippen LogP contribution in [-0.4, -0.2) is 13.2 Å².